The summed E-state index contributed by atoms with van der Waals surface area (Å²) >= 11 is 1.38. The van der Waals surface area contributed by atoms with Crippen molar-refractivity contribution in [2.24, 2.45) is 0 Å². The van der Waals surface area contributed by atoms with Gasteiger partial charge in [0, 0.05) is 11.3 Å². The fraction of sp³-hybridized carbons (Fsp3) is 0.182. The van der Waals surface area contributed by atoms with Crippen LogP contribution in [0.4, 0.5) is 5.69 Å². The molecule has 0 saturated heterocycles. The van der Waals surface area contributed by atoms with Crippen LogP contribution in [0.2, 0.25) is 0 Å². The van der Waals surface area contributed by atoms with Gasteiger partial charge in [0.25, 0.3) is 5.91 Å². The minimum Gasteiger partial charge on any atom is -0.491 e. The molecule has 2 N–H and O–H groups in total. The lowest BCUT2D eigenvalue weighted by Gasteiger charge is -2.14. The fourth-order valence-corrected chi connectivity index (χ4v) is 3.09. The maximum Gasteiger partial charge on any atom is 0.265 e. The quantitative estimate of drug-likeness (QED) is 0.520. The van der Waals surface area contributed by atoms with Crippen LogP contribution in [0.5, 0.6) is 11.5 Å². The van der Waals surface area contributed by atoms with Gasteiger partial charge in [-0.1, -0.05) is 18.2 Å². The van der Waals surface area contributed by atoms with Crippen LogP contribution in [-0.4, -0.2) is 36.1 Å². The van der Waals surface area contributed by atoms with E-state index in [2.05, 4.69) is 5.32 Å². The Labute approximate surface area is 172 Å². The molecule has 6 nitrogen and oxygen atoms in total. The zero-order chi connectivity index (χ0) is 20.6. The summed E-state index contributed by atoms with van der Waals surface area (Å²) in [6, 6.07) is 17.3. The number of hydrogen-bond acceptors (Lipinski definition) is 6. The largest absolute Gasteiger partial charge is 0.491 e. The molecule has 7 heteroatoms. The molecule has 3 rings (SSSR count). The monoisotopic (exact) mass is 411 g/mol. The SMILES string of the molecule is CC(=O)c1cccc(OC[C@H](O)COc2ccc(NC(=O)c3cccs3)cc2)c1. The molecule has 3 aromatic rings. The minimum atomic E-state index is -0.839. The van der Waals surface area contributed by atoms with Crippen LogP contribution in [0.1, 0.15) is 27.0 Å². The third-order valence-corrected chi connectivity index (χ3v) is 4.85. The van der Waals surface area contributed by atoms with Crippen LogP contribution >= 0.6 is 11.3 Å². The van der Waals surface area contributed by atoms with Crippen molar-refractivity contribution in [3.05, 3.63) is 76.5 Å². The molecule has 0 aliphatic rings. The number of carbonyl (C=O) groups is 2. The zero-order valence-corrected chi connectivity index (χ0v) is 16.6. The number of hydrogen-bond donors (Lipinski definition) is 2. The molecule has 2 aromatic carbocycles. The van der Waals surface area contributed by atoms with Gasteiger partial charge in [-0.3, -0.25) is 9.59 Å². The van der Waals surface area contributed by atoms with E-state index in [1.165, 1.54) is 18.3 Å². The van der Waals surface area contributed by atoms with E-state index in [0.717, 1.165) is 0 Å². The highest BCUT2D eigenvalue weighted by molar-refractivity contribution is 7.12. The van der Waals surface area contributed by atoms with Crippen LogP contribution in [0.15, 0.2) is 66.0 Å². The highest BCUT2D eigenvalue weighted by Gasteiger charge is 2.09. The molecule has 0 radical (unpaired) electrons. The van der Waals surface area contributed by atoms with Crippen molar-refractivity contribution in [1.82, 2.24) is 0 Å². The molecular formula is C22H21NO5S. The predicted octanol–water partition coefficient (Wildman–Crippen LogP) is 4.02. The van der Waals surface area contributed by atoms with Crippen molar-refractivity contribution >= 4 is 28.7 Å². The number of anilines is 1. The van der Waals surface area contributed by atoms with Crippen LogP contribution in [0.3, 0.4) is 0 Å². The Bertz CT molecular complexity index is 954. The Kier molecular flexibility index (Phi) is 6.99. The number of ketones is 1. The van der Waals surface area contributed by atoms with Crippen LogP contribution < -0.4 is 14.8 Å². The number of Topliss-reactive ketones (excluding diaryl/α,β-unsaturated/α-hetero) is 1. The number of amides is 1. The summed E-state index contributed by atoms with van der Waals surface area (Å²) in [5, 5.41) is 14.7. The molecule has 0 bridgehead atoms. The highest BCUT2D eigenvalue weighted by atomic mass is 32.1. The van der Waals surface area contributed by atoms with E-state index in [1.807, 2.05) is 11.4 Å². The number of carbonyl (C=O) groups excluding carboxylic acids is 2. The molecule has 1 aromatic heterocycles. The summed E-state index contributed by atoms with van der Waals surface area (Å²) in [4.78, 5) is 24.1. The Morgan fingerprint density at radius 2 is 1.72 bits per heavy atom. The van der Waals surface area contributed by atoms with Crippen molar-refractivity contribution < 1.29 is 24.2 Å². The second kappa shape index (κ2) is 9.86. The van der Waals surface area contributed by atoms with Gasteiger partial charge in [0.05, 0.1) is 4.88 Å². The molecule has 0 aliphatic heterocycles. The van der Waals surface area contributed by atoms with E-state index in [9.17, 15) is 14.7 Å². The molecule has 0 unspecified atom stereocenters. The summed E-state index contributed by atoms with van der Waals surface area (Å²) < 4.78 is 11.1. The number of rotatable bonds is 9. The topological polar surface area (TPSA) is 84.9 Å². The number of benzene rings is 2. The number of nitrogens with one attached hydrogen (secondary N) is 1. The average molecular weight is 411 g/mol. The summed E-state index contributed by atoms with van der Waals surface area (Å²) in [6.07, 6.45) is -0.839. The zero-order valence-electron chi connectivity index (χ0n) is 15.8. The van der Waals surface area contributed by atoms with E-state index in [1.54, 1.807) is 54.6 Å². The number of aliphatic hydroxyl groups is 1. The first-order chi connectivity index (χ1) is 14.0. The summed E-state index contributed by atoms with van der Waals surface area (Å²) in [7, 11) is 0. The first-order valence-electron chi connectivity index (χ1n) is 9.01. The lowest BCUT2D eigenvalue weighted by molar-refractivity contribution is 0.0626. The fourth-order valence-electron chi connectivity index (χ4n) is 2.47. The lowest BCUT2D eigenvalue weighted by atomic mass is 10.1. The summed E-state index contributed by atoms with van der Waals surface area (Å²) in [5.74, 6) is 0.878. The molecule has 1 heterocycles. The molecule has 29 heavy (non-hydrogen) atoms. The van der Waals surface area contributed by atoms with Crippen molar-refractivity contribution in [1.29, 1.82) is 0 Å². The molecule has 0 spiro atoms. The molecular weight excluding hydrogens is 390 g/mol. The van der Waals surface area contributed by atoms with Gasteiger partial charge in [-0.05, 0) is 54.8 Å². The van der Waals surface area contributed by atoms with Crippen molar-refractivity contribution in [2.75, 3.05) is 18.5 Å². The van der Waals surface area contributed by atoms with Gasteiger partial charge in [0.1, 0.15) is 30.8 Å². The normalized spacial score (nSPS) is 11.5. The van der Waals surface area contributed by atoms with Gasteiger partial charge in [-0.2, -0.15) is 0 Å². The molecule has 0 fully saturated rings. The summed E-state index contributed by atoms with van der Waals surface area (Å²) in [6.45, 7) is 1.57. The minimum absolute atomic E-state index is 0.0380. The van der Waals surface area contributed by atoms with E-state index in [-0.39, 0.29) is 24.9 Å². The second-order valence-corrected chi connectivity index (χ2v) is 7.26. The maximum absolute atomic E-state index is 12.0. The van der Waals surface area contributed by atoms with Gasteiger partial charge in [-0.15, -0.1) is 11.3 Å². The van der Waals surface area contributed by atoms with Crippen LogP contribution in [-0.2, 0) is 0 Å². The smallest absolute Gasteiger partial charge is 0.265 e. The molecule has 1 amide bonds. The number of thiophene rings is 1. The Balaban J connectivity index is 1.44. The lowest BCUT2D eigenvalue weighted by Crippen LogP contribution is -2.25. The standard InChI is InChI=1S/C22H21NO5S/c1-15(24)16-4-2-5-20(12-16)28-14-18(25)13-27-19-9-7-17(8-10-19)23-22(26)21-6-3-11-29-21/h2-12,18,25H,13-14H2,1H3,(H,23,26)/t18-/m1/s1. The van der Waals surface area contributed by atoms with E-state index >= 15 is 0 Å². The van der Waals surface area contributed by atoms with E-state index in [4.69, 9.17) is 9.47 Å². The van der Waals surface area contributed by atoms with Gasteiger partial charge >= 0.3 is 0 Å². The third-order valence-electron chi connectivity index (χ3n) is 3.98. The average Bonchev–Trinajstić information content (AvgIpc) is 3.27. The Morgan fingerprint density at radius 1 is 1.00 bits per heavy atom. The van der Waals surface area contributed by atoms with E-state index in [0.29, 0.717) is 27.6 Å². The van der Waals surface area contributed by atoms with Crippen molar-refractivity contribution in [2.45, 2.75) is 13.0 Å². The Hall–Kier alpha value is -3.16. The van der Waals surface area contributed by atoms with E-state index < -0.39 is 6.10 Å². The third kappa shape index (κ3) is 6.17. The molecule has 0 saturated carbocycles. The van der Waals surface area contributed by atoms with Gasteiger partial charge in [0.2, 0.25) is 0 Å². The highest BCUT2D eigenvalue weighted by Crippen LogP contribution is 2.18. The first kappa shape index (κ1) is 20.6. The van der Waals surface area contributed by atoms with Crippen LogP contribution in [0.25, 0.3) is 0 Å². The van der Waals surface area contributed by atoms with Crippen molar-refractivity contribution in [3.63, 3.8) is 0 Å². The Morgan fingerprint density at radius 3 is 2.38 bits per heavy atom. The second-order valence-electron chi connectivity index (χ2n) is 6.32. The molecule has 150 valence electrons. The number of aliphatic hydroxyl groups excluding tert-OH is 1. The predicted molar refractivity (Wildman–Crippen MR) is 112 cm³/mol. The molecule has 1 atom stereocenters. The summed E-state index contributed by atoms with van der Waals surface area (Å²) in [5.41, 5.74) is 1.21. The van der Waals surface area contributed by atoms with Gasteiger partial charge in [0.15, 0.2) is 5.78 Å². The number of ether oxygens (including phenoxy) is 2. The van der Waals surface area contributed by atoms with Crippen LogP contribution in [0, 0.1) is 0 Å². The van der Waals surface area contributed by atoms with Gasteiger partial charge in [-0.25, -0.2) is 0 Å². The van der Waals surface area contributed by atoms with Gasteiger partial charge < -0.3 is 19.9 Å². The maximum atomic E-state index is 12.0. The first-order valence-corrected chi connectivity index (χ1v) is 9.89. The van der Waals surface area contributed by atoms with Crippen molar-refractivity contribution in [3.8, 4) is 11.5 Å². The molecule has 0 aliphatic carbocycles.